The summed E-state index contributed by atoms with van der Waals surface area (Å²) in [5.74, 6) is -0.982. The van der Waals surface area contributed by atoms with Gasteiger partial charge < -0.3 is 24.0 Å². The van der Waals surface area contributed by atoms with Gasteiger partial charge in [-0.05, 0) is 51.4 Å². The maximum absolute atomic E-state index is 12.4. The Labute approximate surface area is 360 Å². The van der Waals surface area contributed by atoms with E-state index in [1.54, 1.807) is 0 Å². The Hall–Kier alpha value is -2.29. The molecule has 0 aromatic heterocycles. The minimum Gasteiger partial charge on any atom is -0.462 e. The molecular weight excluding hydrogens is 764 g/mol. The number of hydrogen-bond acceptors (Lipinski definition) is 7. The van der Waals surface area contributed by atoms with Gasteiger partial charge in [0, 0.05) is 12.8 Å². The highest BCUT2D eigenvalue weighted by atomic mass is 31.2. The van der Waals surface area contributed by atoms with Crippen molar-refractivity contribution in [2.75, 3.05) is 13.2 Å². The Morgan fingerprint density at radius 3 is 1.42 bits per heavy atom. The van der Waals surface area contributed by atoms with Gasteiger partial charge in [0.15, 0.2) is 6.10 Å². The van der Waals surface area contributed by atoms with Gasteiger partial charge in [-0.2, -0.15) is 0 Å². The van der Waals surface area contributed by atoms with E-state index in [9.17, 15) is 14.2 Å². The third-order valence-corrected chi connectivity index (χ3v) is 11.0. The fourth-order valence-electron chi connectivity index (χ4n) is 6.85. The molecule has 0 spiro atoms. The number of allylic oxidation sites excluding steroid dienone is 8. The van der Waals surface area contributed by atoms with Crippen LogP contribution in [0.4, 0.5) is 0 Å². The molecule has 1 fully saturated rings. The van der Waals surface area contributed by atoms with Crippen LogP contribution in [0.15, 0.2) is 60.8 Å². The van der Waals surface area contributed by atoms with Crippen molar-refractivity contribution in [3.63, 3.8) is 0 Å². The van der Waals surface area contributed by atoms with Crippen molar-refractivity contribution in [3.05, 3.63) is 60.8 Å². The number of phosphoric ester groups is 1. The van der Waals surface area contributed by atoms with Crippen LogP contribution >= 0.6 is 7.82 Å². The van der Waals surface area contributed by atoms with E-state index in [2.05, 4.69) is 67.0 Å². The second-order valence-corrected chi connectivity index (χ2v) is 17.3. The summed E-state index contributed by atoms with van der Waals surface area (Å²) in [6, 6.07) is 0. The number of phosphoric acid groups is 1. The number of hydrogen-bond donors (Lipinski definition) is 2. The van der Waals surface area contributed by atoms with Crippen molar-refractivity contribution in [3.8, 4) is 0 Å². The Bertz CT molecular complexity index is 1200. The molecule has 1 heterocycles. The van der Waals surface area contributed by atoms with E-state index in [4.69, 9.17) is 24.0 Å². The third kappa shape index (κ3) is 39.6. The molecule has 9 nitrogen and oxygen atoms in total. The van der Waals surface area contributed by atoms with Crippen LogP contribution in [0, 0.1) is 0 Å². The van der Waals surface area contributed by atoms with Gasteiger partial charge in [-0.1, -0.05) is 203 Å². The average molecular weight is 849 g/mol. The normalized spacial score (nSPS) is 16.4. The predicted octanol–water partition coefficient (Wildman–Crippen LogP) is 13.8. The highest BCUT2D eigenvalue weighted by Gasteiger charge is 2.36. The molecule has 0 radical (unpaired) electrons. The molecule has 0 saturated carbocycles. The highest BCUT2D eigenvalue weighted by Crippen LogP contribution is 2.36. The summed E-state index contributed by atoms with van der Waals surface area (Å²) >= 11 is 0. The van der Waals surface area contributed by atoms with Gasteiger partial charge in [-0.15, -0.1) is 0 Å². The summed E-state index contributed by atoms with van der Waals surface area (Å²) < 4.78 is 32.1. The first-order chi connectivity index (χ1) is 28.7. The quantitative estimate of drug-likeness (QED) is 0.0202. The molecule has 340 valence electrons. The lowest BCUT2D eigenvalue weighted by atomic mass is 10.0. The zero-order valence-corrected chi connectivity index (χ0v) is 38.2. The lowest BCUT2D eigenvalue weighted by molar-refractivity contribution is -0.161. The molecule has 1 aliphatic rings. The zero-order valence-electron chi connectivity index (χ0n) is 37.3. The summed E-state index contributed by atoms with van der Waals surface area (Å²) in [5, 5.41) is 0. The molecule has 2 unspecified atom stereocenters. The molecular formula is C49H85O9P. The van der Waals surface area contributed by atoms with E-state index in [1.165, 1.54) is 116 Å². The molecule has 0 bridgehead atoms. The van der Waals surface area contributed by atoms with Gasteiger partial charge in [0.25, 0.3) is 0 Å². The molecule has 0 aliphatic carbocycles. The van der Waals surface area contributed by atoms with E-state index >= 15 is 0 Å². The van der Waals surface area contributed by atoms with Crippen LogP contribution in [0.5, 0.6) is 0 Å². The predicted molar refractivity (Wildman–Crippen MR) is 243 cm³/mol. The second kappa shape index (κ2) is 39.8. The van der Waals surface area contributed by atoms with Gasteiger partial charge in [-0.25, -0.2) is 4.57 Å². The van der Waals surface area contributed by atoms with Crippen LogP contribution in [0.3, 0.4) is 0 Å². The van der Waals surface area contributed by atoms with Crippen molar-refractivity contribution in [1.29, 1.82) is 0 Å². The van der Waals surface area contributed by atoms with Gasteiger partial charge in [0.1, 0.15) is 6.61 Å². The molecule has 2 N–H and O–H groups in total. The minimum atomic E-state index is -4.78. The Balaban J connectivity index is 2.05. The summed E-state index contributed by atoms with van der Waals surface area (Å²) in [5.41, 5.74) is 0. The van der Waals surface area contributed by atoms with Crippen molar-refractivity contribution in [2.24, 2.45) is 0 Å². The summed E-state index contributed by atoms with van der Waals surface area (Å²) in [6.45, 7) is 3.53. The number of carbonyl (C=O) groups is 2. The highest BCUT2D eigenvalue weighted by molar-refractivity contribution is 7.46. The number of carbonyl (C=O) groups excluding carboxylic acids is 2. The van der Waals surface area contributed by atoms with Crippen molar-refractivity contribution in [2.45, 2.75) is 225 Å². The Morgan fingerprint density at radius 1 is 0.542 bits per heavy atom. The first-order valence-electron chi connectivity index (χ1n) is 23.7. The number of rotatable bonds is 42. The third-order valence-electron chi connectivity index (χ3n) is 10.5. The first-order valence-corrected chi connectivity index (χ1v) is 25.2. The molecule has 3 atom stereocenters. The Kier molecular flexibility index (Phi) is 36.9. The van der Waals surface area contributed by atoms with Gasteiger partial charge in [0.05, 0.1) is 18.8 Å². The van der Waals surface area contributed by atoms with Crippen LogP contribution in [0.1, 0.15) is 206 Å². The second-order valence-electron chi connectivity index (χ2n) is 16.1. The van der Waals surface area contributed by atoms with Gasteiger partial charge >= 0.3 is 19.8 Å². The molecule has 59 heavy (non-hydrogen) atoms. The average Bonchev–Trinajstić information content (AvgIpc) is 3.97. The lowest BCUT2D eigenvalue weighted by Crippen LogP contribution is -2.29. The standard InChI is InChI=1S/C49H85O9P/c1-3-5-7-8-9-10-11-12-13-14-15-16-17-18-19-20-24-27-30-33-37-41-48(50)55-43-45(44-56-59(52,53)54)57-49(51)42-38-34-31-28-25-22-21-23-26-29-32-36-40-47-46(58-47)39-35-6-4-2/h6,22-23,25-26,31-32,34-36,45-47H,3-5,7-21,24,27-30,33,37-44H2,1-2H3,(H2,52,53,54)/b25-22-,26-23-,34-31-,35-6-,36-32-/t45-,46?,47?/m1/s1. The maximum Gasteiger partial charge on any atom is 0.469 e. The number of ether oxygens (including phenoxy) is 3. The zero-order chi connectivity index (χ0) is 42.9. The van der Waals surface area contributed by atoms with Crippen molar-refractivity contribution >= 4 is 19.8 Å². The fourth-order valence-corrected chi connectivity index (χ4v) is 7.21. The molecule has 0 aromatic carbocycles. The Morgan fingerprint density at radius 2 is 0.966 bits per heavy atom. The molecule has 1 aliphatic heterocycles. The maximum atomic E-state index is 12.4. The SMILES string of the molecule is CC/C=C\CC1OC1C/C=C\C/C=C\C/C=C\C/C=C\CCC(=O)O[C@H](COC(=O)CCCCCCCCCCCCCCCCCCCCCCC)COP(=O)(O)O. The topological polar surface area (TPSA) is 132 Å². The van der Waals surface area contributed by atoms with Crippen LogP contribution < -0.4 is 0 Å². The molecule has 1 rings (SSSR count). The fraction of sp³-hybridized carbons (Fsp3) is 0.755. The first kappa shape index (κ1) is 54.7. The van der Waals surface area contributed by atoms with Crippen molar-refractivity contribution < 1.29 is 42.7 Å². The van der Waals surface area contributed by atoms with Crippen LogP contribution in [-0.4, -0.2) is 53.3 Å². The monoisotopic (exact) mass is 849 g/mol. The number of epoxide rings is 1. The smallest absolute Gasteiger partial charge is 0.462 e. The molecule has 0 amide bonds. The molecule has 1 saturated heterocycles. The van der Waals surface area contributed by atoms with E-state index in [0.29, 0.717) is 25.0 Å². The van der Waals surface area contributed by atoms with E-state index < -0.39 is 32.5 Å². The number of esters is 2. The van der Waals surface area contributed by atoms with E-state index in [-0.39, 0.29) is 19.4 Å². The van der Waals surface area contributed by atoms with Crippen LogP contribution in [-0.2, 0) is 32.9 Å². The largest absolute Gasteiger partial charge is 0.469 e. The van der Waals surface area contributed by atoms with Gasteiger partial charge in [-0.3, -0.25) is 14.1 Å². The molecule has 0 aromatic rings. The van der Waals surface area contributed by atoms with Gasteiger partial charge in [0.2, 0.25) is 0 Å². The lowest BCUT2D eigenvalue weighted by Gasteiger charge is -2.18. The summed E-state index contributed by atoms with van der Waals surface area (Å²) in [4.78, 5) is 43.0. The summed E-state index contributed by atoms with van der Waals surface area (Å²) in [7, 11) is -4.78. The summed E-state index contributed by atoms with van der Waals surface area (Å²) in [6.07, 6.45) is 54.3. The minimum absolute atomic E-state index is 0.0830. The molecule has 10 heteroatoms. The van der Waals surface area contributed by atoms with Crippen LogP contribution in [0.25, 0.3) is 0 Å². The number of unbranched alkanes of at least 4 members (excludes halogenated alkanes) is 20. The van der Waals surface area contributed by atoms with E-state index in [0.717, 1.165) is 51.4 Å². The van der Waals surface area contributed by atoms with Crippen LogP contribution in [0.2, 0.25) is 0 Å². The van der Waals surface area contributed by atoms with E-state index in [1.807, 2.05) is 12.2 Å². The van der Waals surface area contributed by atoms with Crippen molar-refractivity contribution in [1.82, 2.24) is 0 Å².